The summed E-state index contributed by atoms with van der Waals surface area (Å²) in [5, 5.41) is 9.53. The third-order valence-electron chi connectivity index (χ3n) is 7.18. The van der Waals surface area contributed by atoms with Gasteiger partial charge in [0.1, 0.15) is 22.8 Å². The van der Waals surface area contributed by atoms with E-state index in [9.17, 15) is 23.1 Å². The molecule has 0 spiro atoms. The van der Waals surface area contributed by atoms with Crippen molar-refractivity contribution in [1.82, 2.24) is 0 Å². The van der Waals surface area contributed by atoms with Crippen LogP contribution in [0.4, 0.5) is 13.2 Å². The highest BCUT2D eigenvalue weighted by atomic mass is 35.5. The molecule has 3 rings (SSSR count). The standard InChI is InChI=1S/C29H34ClF3O5/c1-5-27(4,26(34)35)17-19-9-11-20(12-10-19)36-13-8-14-37-25-16-24-21(15-23(25)30)22(29(31,32)33)18-28(6-2,7-3)38-24/h9-12,15-16,18H,5-8,13-14,17H2,1-4H3,(H,34,35)/t27-/m0/s1. The fourth-order valence-electron chi connectivity index (χ4n) is 4.30. The minimum Gasteiger partial charge on any atom is -0.493 e. The lowest BCUT2D eigenvalue weighted by Crippen LogP contribution is -2.37. The highest BCUT2D eigenvalue weighted by molar-refractivity contribution is 6.32. The van der Waals surface area contributed by atoms with Gasteiger partial charge in [-0.05, 0) is 62.4 Å². The molecule has 2 aromatic carbocycles. The van der Waals surface area contributed by atoms with Crippen LogP contribution in [0.5, 0.6) is 17.2 Å². The molecule has 38 heavy (non-hydrogen) atoms. The number of rotatable bonds is 12. The summed E-state index contributed by atoms with van der Waals surface area (Å²) in [4.78, 5) is 11.5. The van der Waals surface area contributed by atoms with Gasteiger partial charge in [-0.15, -0.1) is 0 Å². The van der Waals surface area contributed by atoms with Crippen molar-refractivity contribution in [2.75, 3.05) is 13.2 Å². The molecular formula is C29H34ClF3O5. The minimum atomic E-state index is -4.54. The zero-order chi connectivity index (χ0) is 28.1. The zero-order valence-electron chi connectivity index (χ0n) is 22.1. The van der Waals surface area contributed by atoms with Crippen LogP contribution in [0.3, 0.4) is 0 Å². The summed E-state index contributed by atoms with van der Waals surface area (Å²) < 4.78 is 58.9. The van der Waals surface area contributed by atoms with Gasteiger partial charge >= 0.3 is 12.1 Å². The second-order valence-electron chi connectivity index (χ2n) is 9.80. The molecule has 0 amide bonds. The third-order valence-corrected chi connectivity index (χ3v) is 7.47. The van der Waals surface area contributed by atoms with E-state index in [1.165, 1.54) is 12.1 Å². The molecule has 0 saturated heterocycles. The Hall–Kier alpha value is -2.87. The van der Waals surface area contributed by atoms with Crippen LogP contribution in [0.1, 0.15) is 64.5 Å². The van der Waals surface area contributed by atoms with Crippen molar-refractivity contribution in [2.24, 2.45) is 5.41 Å². The largest absolute Gasteiger partial charge is 0.493 e. The van der Waals surface area contributed by atoms with Crippen LogP contribution >= 0.6 is 11.6 Å². The molecule has 0 aliphatic carbocycles. The van der Waals surface area contributed by atoms with Crippen molar-refractivity contribution in [3.8, 4) is 17.2 Å². The summed E-state index contributed by atoms with van der Waals surface area (Å²) in [5.41, 5.74) is -1.80. The fraction of sp³-hybridized carbons (Fsp3) is 0.483. The van der Waals surface area contributed by atoms with Crippen molar-refractivity contribution < 1.29 is 37.3 Å². The smallest absolute Gasteiger partial charge is 0.416 e. The molecule has 1 N–H and O–H groups in total. The van der Waals surface area contributed by atoms with Gasteiger partial charge in [0.25, 0.3) is 0 Å². The summed E-state index contributed by atoms with van der Waals surface area (Å²) in [7, 11) is 0. The molecule has 1 aliphatic rings. The second-order valence-corrected chi connectivity index (χ2v) is 10.2. The van der Waals surface area contributed by atoms with Crippen LogP contribution in [0, 0.1) is 5.41 Å². The van der Waals surface area contributed by atoms with E-state index in [4.69, 9.17) is 25.8 Å². The van der Waals surface area contributed by atoms with Crippen LogP contribution in [-0.4, -0.2) is 36.1 Å². The Morgan fingerprint density at radius 3 is 2.24 bits per heavy atom. The summed E-state index contributed by atoms with van der Waals surface area (Å²) >= 11 is 6.27. The highest BCUT2D eigenvalue weighted by Gasteiger charge is 2.43. The number of carboxylic acids is 1. The summed E-state index contributed by atoms with van der Waals surface area (Å²) in [6.07, 6.45) is -1.15. The number of aliphatic carboxylic acids is 1. The number of fused-ring (bicyclic) bond motifs is 1. The number of halogens is 4. The van der Waals surface area contributed by atoms with E-state index in [-0.39, 0.29) is 28.7 Å². The number of allylic oxidation sites excluding steroid dienone is 1. The van der Waals surface area contributed by atoms with Crippen molar-refractivity contribution >= 4 is 23.1 Å². The molecule has 0 saturated carbocycles. The SMILES string of the molecule is CCC1(CC)C=C(C(F)(F)F)c2cc(Cl)c(OCCCOc3ccc(C[C@](C)(CC)C(=O)O)cc3)cc2O1. The highest BCUT2D eigenvalue weighted by Crippen LogP contribution is 2.48. The van der Waals surface area contributed by atoms with E-state index in [1.807, 2.05) is 19.1 Å². The maximum Gasteiger partial charge on any atom is 0.416 e. The van der Waals surface area contributed by atoms with Gasteiger partial charge in [-0.3, -0.25) is 4.79 Å². The van der Waals surface area contributed by atoms with Gasteiger partial charge < -0.3 is 19.3 Å². The Morgan fingerprint density at radius 2 is 1.68 bits per heavy atom. The maximum absolute atomic E-state index is 13.8. The molecular weight excluding hydrogens is 521 g/mol. The fourth-order valence-corrected chi connectivity index (χ4v) is 4.52. The molecule has 0 unspecified atom stereocenters. The van der Waals surface area contributed by atoms with Crippen molar-refractivity contribution in [3.05, 3.63) is 58.6 Å². The number of benzene rings is 2. The number of carbonyl (C=O) groups is 1. The Bertz CT molecular complexity index is 1160. The third kappa shape index (κ3) is 6.76. The lowest BCUT2D eigenvalue weighted by Gasteiger charge is -2.36. The molecule has 1 atom stereocenters. The molecule has 0 radical (unpaired) electrons. The Kier molecular flexibility index (Phi) is 9.29. The minimum absolute atomic E-state index is 0.0694. The average Bonchev–Trinajstić information content (AvgIpc) is 2.88. The summed E-state index contributed by atoms with van der Waals surface area (Å²) in [5.74, 6) is 0.167. The van der Waals surface area contributed by atoms with Crippen molar-refractivity contribution in [3.63, 3.8) is 0 Å². The summed E-state index contributed by atoms with van der Waals surface area (Å²) in [6.45, 7) is 7.75. The Balaban J connectivity index is 1.59. The van der Waals surface area contributed by atoms with E-state index in [2.05, 4.69) is 0 Å². The topological polar surface area (TPSA) is 65.0 Å². The van der Waals surface area contributed by atoms with Crippen LogP contribution in [-0.2, 0) is 11.2 Å². The Morgan fingerprint density at radius 1 is 1.05 bits per heavy atom. The lowest BCUT2D eigenvalue weighted by atomic mass is 9.81. The first-order valence-electron chi connectivity index (χ1n) is 12.8. The van der Waals surface area contributed by atoms with Gasteiger partial charge in [-0.1, -0.05) is 44.5 Å². The van der Waals surface area contributed by atoms with Gasteiger partial charge in [0.2, 0.25) is 0 Å². The van der Waals surface area contributed by atoms with E-state index in [1.54, 1.807) is 32.9 Å². The predicted molar refractivity (Wildman–Crippen MR) is 141 cm³/mol. The number of alkyl halides is 3. The quantitative estimate of drug-likeness (QED) is 0.268. The van der Waals surface area contributed by atoms with E-state index in [0.717, 1.165) is 11.6 Å². The maximum atomic E-state index is 13.8. The number of hydrogen-bond acceptors (Lipinski definition) is 4. The summed E-state index contributed by atoms with van der Waals surface area (Å²) in [6, 6.07) is 9.97. The molecule has 1 aliphatic heterocycles. The molecule has 0 aromatic heterocycles. The van der Waals surface area contributed by atoms with E-state index in [0.29, 0.717) is 44.5 Å². The van der Waals surface area contributed by atoms with E-state index < -0.39 is 28.7 Å². The molecule has 0 bridgehead atoms. The van der Waals surface area contributed by atoms with Gasteiger partial charge in [0, 0.05) is 18.1 Å². The normalized spacial score (nSPS) is 16.1. The van der Waals surface area contributed by atoms with Crippen molar-refractivity contribution in [2.45, 2.75) is 71.6 Å². The van der Waals surface area contributed by atoms with Gasteiger partial charge in [-0.25, -0.2) is 0 Å². The number of hydrogen-bond donors (Lipinski definition) is 1. The molecule has 9 heteroatoms. The van der Waals surface area contributed by atoms with Crippen LogP contribution in [0.2, 0.25) is 5.02 Å². The second kappa shape index (κ2) is 11.9. The van der Waals surface area contributed by atoms with Crippen LogP contribution in [0.25, 0.3) is 5.57 Å². The monoisotopic (exact) mass is 554 g/mol. The van der Waals surface area contributed by atoms with Crippen LogP contribution < -0.4 is 14.2 Å². The van der Waals surface area contributed by atoms with Gasteiger partial charge in [-0.2, -0.15) is 13.2 Å². The van der Waals surface area contributed by atoms with Crippen molar-refractivity contribution in [1.29, 1.82) is 0 Å². The number of carboxylic acid groups (broad SMARTS) is 1. The molecule has 1 heterocycles. The first-order chi connectivity index (χ1) is 17.9. The van der Waals surface area contributed by atoms with Crippen LogP contribution in [0.15, 0.2) is 42.5 Å². The van der Waals surface area contributed by atoms with Gasteiger partial charge in [0.15, 0.2) is 0 Å². The average molecular weight is 555 g/mol. The lowest BCUT2D eigenvalue weighted by molar-refractivity contribution is -0.148. The number of ether oxygens (including phenoxy) is 3. The van der Waals surface area contributed by atoms with Gasteiger partial charge in [0.05, 0.1) is 29.2 Å². The predicted octanol–water partition coefficient (Wildman–Crippen LogP) is 8.13. The Labute approximate surface area is 226 Å². The molecule has 0 fully saturated rings. The zero-order valence-corrected chi connectivity index (χ0v) is 22.8. The molecule has 5 nitrogen and oxygen atoms in total. The molecule has 208 valence electrons. The first kappa shape index (κ1) is 29.7. The van der Waals surface area contributed by atoms with E-state index >= 15 is 0 Å². The molecule has 2 aromatic rings. The first-order valence-corrected chi connectivity index (χ1v) is 13.1.